The van der Waals surface area contributed by atoms with Gasteiger partial charge in [0.15, 0.2) is 11.0 Å². The predicted molar refractivity (Wildman–Crippen MR) is 152 cm³/mol. The Morgan fingerprint density at radius 2 is 1.81 bits per heavy atom. The summed E-state index contributed by atoms with van der Waals surface area (Å²) in [7, 11) is 0. The summed E-state index contributed by atoms with van der Waals surface area (Å²) in [5.74, 6) is 1.41. The van der Waals surface area contributed by atoms with Crippen molar-refractivity contribution in [3.8, 4) is 17.1 Å². The van der Waals surface area contributed by atoms with Crippen molar-refractivity contribution in [3.05, 3.63) is 107 Å². The molecule has 0 atom stereocenters. The molecule has 1 aromatic heterocycles. The van der Waals surface area contributed by atoms with Gasteiger partial charge in [-0.3, -0.25) is 9.36 Å². The number of ether oxygens (including phenoxy) is 1. The van der Waals surface area contributed by atoms with Gasteiger partial charge < -0.3 is 4.74 Å². The maximum atomic E-state index is 12.4. The third-order valence-corrected chi connectivity index (χ3v) is 6.61. The van der Waals surface area contributed by atoms with Crippen LogP contribution in [0.3, 0.4) is 0 Å². The minimum absolute atomic E-state index is 0.151. The second-order valence-electron chi connectivity index (χ2n) is 8.28. The topological polar surface area (TPSA) is 81.4 Å². The smallest absolute Gasteiger partial charge is 0.250 e. The zero-order valence-corrected chi connectivity index (χ0v) is 22.7. The van der Waals surface area contributed by atoms with E-state index in [9.17, 15) is 4.79 Å². The molecule has 0 radical (unpaired) electrons. The fourth-order valence-electron chi connectivity index (χ4n) is 3.35. The van der Waals surface area contributed by atoms with Gasteiger partial charge in [0.2, 0.25) is 0 Å². The molecule has 1 heterocycles. The zero-order valence-electron chi connectivity index (χ0n) is 20.3. The van der Waals surface area contributed by atoms with Crippen molar-refractivity contribution >= 4 is 39.8 Å². The van der Waals surface area contributed by atoms with Crippen LogP contribution in [0.15, 0.2) is 106 Å². The molecule has 0 aliphatic carbocycles. The van der Waals surface area contributed by atoms with E-state index in [4.69, 9.17) is 4.74 Å². The number of halogens is 1. The standard InChI is InChI=1S/C28H26BrN5O2S/c1-20(2)17-34-27(23-10-12-24(29)13-11-23)32-33-28(34)37-19-26(35)31-30-16-21-8-14-25(15-9-21)36-18-22-6-4-3-5-7-22/h3-16H,1,17-19H2,2H3,(H,31,35). The highest BCUT2D eigenvalue weighted by Crippen LogP contribution is 2.26. The van der Waals surface area contributed by atoms with Gasteiger partial charge in [-0.05, 0) is 54.4 Å². The number of nitrogens with one attached hydrogen (secondary N) is 1. The van der Waals surface area contributed by atoms with E-state index in [1.807, 2.05) is 90.4 Å². The van der Waals surface area contributed by atoms with E-state index in [-0.39, 0.29) is 11.7 Å². The summed E-state index contributed by atoms with van der Waals surface area (Å²) in [6.45, 7) is 7.03. The minimum Gasteiger partial charge on any atom is -0.489 e. The van der Waals surface area contributed by atoms with Gasteiger partial charge in [0.1, 0.15) is 12.4 Å². The molecule has 1 N–H and O–H groups in total. The molecule has 0 bridgehead atoms. The summed E-state index contributed by atoms with van der Waals surface area (Å²) in [6, 6.07) is 25.4. The quantitative estimate of drug-likeness (QED) is 0.101. The number of allylic oxidation sites excluding steroid dienone is 1. The summed E-state index contributed by atoms with van der Waals surface area (Å²) in [5.41, 5.74) is 6.42. The van der Waals surface area contributed by atoms with Gasteiger partial charge in [0.25, 0.3) is 5.91 Å². The average molecular weight is 577 g/mol. The number of benzene rings is 3. The SMILES string of the molecule is C=C(C)Cn1c(SCC(=O)NN=Cc2ccc(OCc3ccccc3)cc2)nnc1-c1ccc(Br)cc1. The molecule has 0 aliphatic rings. The first kappa shape index (κ1) is 26.4. The van der Waals surface area contributed by atoms with Gasteiger partial charge in [-0.1, -0.05) is 82.3 Å². The highest BCUT2D eigenvalue weighted by atomic mass is 79.9. The third kappa shape index (κ3) is 7.90. The number of carbonyl (C=O) groups is 1. The fourth-order valence-corrected chi connectivity index (χ4v) is 4.35. The maximum Gasteiger partial charge on any atom is 0.250 e. The van der Waals surface area contributed by atoms with Crippen LogP contribution in [-0.2, 0) is 17.9 Å². The zero-order chi connectivity index (χ0) is 26.0. The van der Waals surface area contributed by atoms with E-state index in [2.05, 4.69) is 43.2 Å². The molecule has 0 saturated heterocycles. The summed E-state index contributed by atoms with van der Waals surface area (Å²) in [4.78, 5) is 12.4. The predicted octanol–water partition coefficient (Wildman–Crippen LogP) is 6.11. The van der Waals surface area contributed by atoms with E-state index >= 15 is 0 Å². The van der Waals surface area contributed by atoms with Gasteiger partial charge in [0.05, 0.1) is 12.0 Å². The van der Waals surface area contributed by atoms with Gasteiger partial charge in [-0.2, -0.15) is 5.10 Å². The van der Waals surface area contributed by atoms with Crippen molar-refractivity contribution in [3.63, 3.8) is 0 Å². The number of aromatic nitrogens is 3. The Kier molecular flexibility index (Phi) is 9.29. The first-order valence-corrected chi connectivity index (χ1v) is 13.3. The number of hydrazone groups is 1. The number of nitrogens with zero attached hydrogens (tertiary/aromatic N) is 4. The number of carbonyl (C=O) groups excluding carboxylic acids is 1. The van der Waals surface area contributed by atoms with Crippen molar-refractivity contribution in [2.24, 2.45) is 5.10 Å². The molecular weight excluding hydrogens is 550 g/mol. The molecule has 7 nitrogen and oxygen atoms in total. The molecule has 4 aromatic rings. The summed E-state index contributed by atoms with van der Waals surface area (Å²) >= 11 is 4.76. The third-order valence-electron chi connectivity index (χ3n) is 5.11. The second kappa shape index (κ2) is 13.0. The van der Waals surface area contributed by atoms with Crippen LogP contribution in [0, 0.1) is 0 Å². The normalized spacial score (nSPS) is 11.0. The van der Waals surface area contributed by atoms with E-state index in [1.165, 1.54) is 11.8 Å². The number of amides is 1. The molecule has 188 valence electrons. The lowest BCUT2D eigenvalue weighted by Crippen LogP contribution is -2.20. The lowest BCUT2D eigenvalue weighted by Gasteiger charge is -2.10. The molecule has 3 aromatic carbocycles. The lowest BCUT2D eigenvalue weighted by molar-refractivity contribution is -0.118. The van der Waals surface area contributed by atoms with Crippen LogP contribution in [0.2, 0.25) is 0 Å². The molecule has 0 saturated carbocycles. The van der Waals surface area contributed by atoms with E-state index < -0.39 is 0 Å². The molecule has 37 heavy (non-hydrogen) atoms. The molecule has 0 fully saturated rings. The Morgan fingerprint density at radius 3 is 2.51 bits per heavy atom. The van der Waals surface area contributed by atoms with E-state index in [0.717, 1.165) is 38.3 Å². The second-order valence-corrected chi connectivity index (χ2v) is 10.1. The number of hydrogen-bond acceptors (Lipinski definition) is 6. The monoisotopic (exact) mass is 575 g/mol. The van der Waals surface area contributed by atoms with E-state index in [0.29, 0.717) is 18.3 Å². The molecular formula is C28H26BrN5O2S. The Labute approximate surface area is 228 Å². The Morgan fingerprint density at radius 1 is 1.08 bits per heavy atom. The van der Waals surface area contributed by atoms with Crippen molar-refractivity contribution in [1.82, 2.24) is 20.2 Å². The highest BCUT2D eigenvalue weighted by molar-refractivity contribution is 9.10. The Balaban J connectivity index is 1.29. The van der Waals surface area contributed by atoms with Crippen LogP contribution in [0.25, 0.3) is 11.4 Å². The average Bonchev–Trinajstić information content (AvgIpc) is 3.29. The van der Waals surface area contributed by atoms with Gasteiger partial charge in [-0.15, -0.1) is 10.2 Å². The lowest BCUT2D eigenvalue weighted by atomic mass is 10.2. The molecule has 9 heteroatoms. The Hall–Kier alpha value is -3.69. The van der Waals surface area contributed by atoms with E-state index in [1.54, 1.807) is 6.21 Å². The largest absolute Gasteiger partial charge is 0.489 e. The van der Waals surface area contributed by atoms with Crippen molar-refractivity contribution < 1.29 is 9.53 Å². The summed E-state index contributed by atoms with van der Waals surface area (Å²) in [6.07, 6.45) is 1.60. The first-order chi connectivity index (χ1) is 18.0. The van der Waals surface area contributed by atoms with Gasteiger partial charge >= 0.3 is 0 Å². The molecule has 0 aliphatic heterocycles. The van der Waals surface area contributed by atoms with Gasteiger partial charge in [-0.25, -0.2) is 5.43 Å². The van der Waals surface area contributed by atoms with Crippen molar-refractivity contribution in [2.75, 3.05) is 5.75 Å². The minimum atomic E-state index is -0.237. The maximum absolute atomic E-state index is 12.4. The Bertz CT molecular complexity index is 1370. The van der Waals surface area contributed by atoms with Crippen LogP contribution in [-0.4, -0.2) is 32.6 Å². The molecule has 0 spiro atoms. The molecule has 0 unspecified atom stereocenters. The highest BCUT2D eigenvalue weighted by Gasteiger charge is 2.15. The van der Waals surface area contributed by atoms with Crippen LogP contribution in [0.4, 0.5) is 0 Å². The van der Waals surface area contributed by atoms with Crippen molar-refractivity contribution in [1.29, 1.82) is 0 Å². The number of rotatable bonds is 11. The first-order valence-electron chi connectivity index (χ1n) is 11.5. The van der Waals surface area contributed by atoms with Gasteiger partial charge in [0, 0.05) is 16.6 Å². The number of thioether (sulfide) groups is 1. The van der Waals surface area contributed by atoms with Crippen LogP contribution < -0.4 is 10.2 Å². The number of hydrogen-bond donors (Lipinski definition) is 1. The fraction of sp³-hybridized carbons (Fsp3) is 0.143. The summed E-state index contributed by atoms with van der Waals surface area (Å²) < 4.78 is 8.75. The van der Waals surface area contributed by atoms with Crippen LogP contribution >= 0.6 is 27.7 Å². The summed E-state index contributed by atoms with van der Waals surface area (Å²) in [5, 5.41) is 13.4. The van der Waals surface area contributed by atoms with Crippen molar-refractivity contribution in [2.45, 2.75) is 25.2 Å². The molecule has 1 amide bonds. The molecule has 4 rings (SSSR count). The van der Waals surface area contributed by atoms with Crippen LogP contribution in [0.1, 0.15) is 18.1 Å². The van der Waals surface area contributed by atoms with Crippen LogP contribution in [0.5, 0.6) is 5.75 Å².